The third-order valence-electron chi connectivity index (χ3n) is 5.01. The number of halogens is 1. The molecule has 0 aromatic heterocycles. The van der Waals surface area contributed by atoms with Gasteiger partial charge in [-0.3, -0.25) is 0 Å². The van der Waals surface area contributed by atoms with Gasteiger partial charge in [0.25, 0.3) is 0 Å². The fourth-order valence-electron chi connectivity index (χ4n) is 3.74. The van der Waals surface area contributed by atoms with Crippen LogP contribution in [0.15, 0.2) is 72.8 Å². The number of hydrogen-bond acceptors (Lipinski definition) is 1. The van der Waals surface area contributed by atoms with Crippen LogP contribution in [0.1, 0.15) is 28.3 Å². The second-order valence-electron chi connectivity index (χ2n) is 6.87. The minimum atomic E-state index is -0.201. The molecule has 3 aromatic rings. The fraction of sp³-hybridized carbons (Fsp3) is 0.174. The lowest BCUT2D eigenvalue weighted by atomic mass is 9.88. The molecule has 0 fully saturated rings. The van der Waals surface area contributed by atoms with Crippen LogP contribution in [0.5, 0.6) is 0 Å². The maximum atomic E-state index is 13.2. The average molecular weight is 377 g/mol. The molecule has 0 unspecified atom stereocenters. The minimum Gasteiger partial charge on any atom is -0.313 e. The van der Waals surface area contributed by atoms with Crippen LogP contribution in [0.2, 0.25) is 5.02 Å². The Hall–Kier alpha value is -2.78. The number of carbonyl (C=O) groups is 1. The van der Waals surface area contributed by atoms with E-state index in [1.165, 1.54) is 5.56 Å². The number of aryl methyl sites for hydroxylation is 1. The molecule has 0 saturated carbocycles. The predicted octanol–water partition coefficient (Wildman–Crippen LogP) is 5.83. The van der Waals surface area contributed by atoms with Crippen LogP contribution in [0.4, 0.5) is 10.5 Å². The number of nitrogens with zero attached hydrogens (tertiary/aromatic N) is 1. The van der Waals surface area contributed by atoms with Crippen LogP contribution >= 0.6 is 11.6 Å². The van der Waals surface area contributed by atoms with Gasteiger partial charge in [-0.25, -0.2) is 4.79 Å². The first-order valence-corrected chi connectivity index (χ1v) is 9.48. The van der Waals surface area contributed by atoms with E-state index in [9.17, 15) is 4.79 Å². The summed E-state index contributed by atoms with van der Waals surface area (Å²) in [5, 5.41) is 3.72. The number of amides is 2. The Morgan fingerprint density at radius 2 is 1.74 bits per heavy atom. The van der Waals surface area contributed by atoms with Crippen molar-refractivity contribution in [2.45, 2.75) is 19.4 Å². The molecule has 3 aromatic carbocycles. The first kappa shape index (κ1) is 17.6. The Kier molecular flexibility index (Phi) is 4.87. The van der Waals surface area contributed by atoms with Gasteiger partial charge in [0, 0.05) is 17.3 Å². The molecule has 1 aliphatic heterocycles. The maximum Gasteiger partial charge on any atom is 0.322 e. The van der Waals surface area contributed by atoms with Crippen molar-refractivity contribution in [1.82, 2.24) is 4.90 Å². The molecule has 4 heteroatoms. The molecule has 1 aliphatic rings. The van der Waals surface area contributed by atoms with Gasteiger partial charge in [-0.2, -0.15) is 0 Å². The predicted molar refractivity (Wildman–Crippen MR) is 110 cm³/mol. The fourth-order valence-corrected chi connectivity index (χ4v) is 3.97. The highest BCUT2D eigenvalue weighted by Gasteiger charge is 2.33. The summed E-state index contributed by atoms with van der Waals surface area (Å²) in [6.45, 7) is 2.66. The van der Waals surface area contributed by atoms with E-state index in [2.05, 4.69) is 17.4 Å². The largest absolute Gasteiger partial charge is 0.322 e. The molecular formula is C23H21ClN2O. The third kappa shape index (κ3) is 3.56. The van der Waals surface area contributed by atoms with E-state index in [0.29, 0.717) is 11.6 Å². The number of benzene rings is 3. The molecule has 27 heavy (non-hydrogen) atoms. The lowest BCUT2D eigenvalue weighted by Gasteiger charge is -2.38. The van der Waals surface area contributed by atoms with E-state index in [4.69, 9.17) is 11.6 Å². The summed E-state index contributed by atoms with van der Waals surface area (Å²) < 4.78 is 0. The topological polar surface area (TPSA) is 32.3 Å². The van der Waals surface area contributed by atoms with E-state index in [1.54, 1.807) is 0 Å². The van der Waals surface area contributed by atoms with Gasteiger partial charge in [0.1, 0.15) is 0 Å². The zero-order valence-corrected chi connectivity index (χ0v) is 15.9. The summed E-state index contributed by atoms with van der Waals surface area (Å²) >= 11 is 6.52. The van der Waals surface area contributed by atoms with Crippen molar-refractivity contribution in [2.24, 2.45) is 0 Å². The van der Waals surface area contributed by atoms with Gasteiger partial charge in [-0.05, 0) is 53.8 Å². The molecule has 3 nitrogen and oxygen atoms in total. The first-order valence-electron chi connectivity index (χ1n) is 9.10. The summed E-state index contributed by atoms with van der Waals surface area (Å²) in [6, 6.07) is 23.6. The Morgan fingerprint density at radius 1 is 1.00 bits per heavy atom. The standard InChI is InChI=1S/C23H21ClN2O/c1-16-7-6-9-18(15-16)25-23(27)26-14-13-17-8-2-3-10-19(17)22(26)20-11-4-5-12-21(20)24/h2-12,15,22H,13-14H2,1H3,(H,25,27)/t22-/m1/s1. The highest BCUT2D eigenvalue weighted by atomic mass is 35.5. The van der Waals surface area contributed by atoms with Crippen molar-refractivity contribution >= 4 is 23.3 Å². The van der Waals surface area contributed by atoms with Crippen LogP contribution in [-0.2, 0) is 6.42 Å². The number of urea groups is 1. The third-order valence-corrected chi connectivity index (χ3v) is 5.36. The molecular weight excluding hydrogens is 356 g/mol. The number of carbonyl (C=O) groups excluding carboxylic acids is 1. The van der Waals surface area contributed by atoms with Gasteiger partial charge in [0.15, 0.2) is 0 Å². The Bertz CT molecular complexity index is 985. The SMILES string of the molecule is Cc1cccc(NC(=O)N2CCc3ccccc3[C@@H]2c2ccccc2Cl)c1. The monoisotopic (exact) mass is 376 g/mol. The highest BCUT2D eigenvalue weighted by Crippen LogP contribution is 2.38. The highest BCUT2D eigenvalue weighted by molar-refractivity contribution is 6.31. The number of rotatable bonds is 2. The van der Waals surface area contributed by atoms with E-state index in [0.717, 1.165) is 28.8 Å². The number of anilines is 1. The minimum absolute atomic E-state index is 0.111. The lowest BCUT2D eigenvalue weighted by molar-refractivity contribution is 0.194. The molecule has 0 saturated heterocycles. The second-order valence-corrected chi connectivity index (χ2v) is 7.27. The normalized spacial score (nSPS) is 15.9. The van der Waals surface area contributed by atoms with Crippen molar-refractivity contribution in [3.05, 3.63) is 100 Å². The van der Waals surface area contributed by atoms with E-state index < -0.39 is 0 Å². The van der Waals surface area contributed by atoms with E-state index >= 15 is 0 Å². The van der Waals surface area contributed by atoms with Gasteiger partial charge in [0.05, 0.1) is 6.04 Å². The van der Waals surface area contributed by atoms with Crippen LogP contribution in [-0.4, -0.2) is 17.5 Å². The van der Waals surface area contributed by atoms with Crippen LogP contribution < -0.4 is 5.32 Å². The number of fused-ring (bicyclic) bond motifs is 1. The molecule has 1 heterocycles. The summed E-state index contributed by atoms with van der Waals surface area (Å²) in [5.41, 5.74) is 5.26. The first-order chi connectivity index (χ1) is 13.1. The summed E-state index contributed by atoms with van der Waals surface area (Å²) in [6.07, 6.45) is 0.832. The molecule has 0 bridgehead atoms. The zero-order valence-electron chi connectivity index (χ0n) is 15.2. The summed E-state index contributed by atoms with van der Waals surface area (Å²) in [7, 11) is 0. The number of hydrogen-bond donors (Lipinski definition) is 1. The van der Waals surface area contributed by atoms with Crippen molar-refractivity contribution < 1.29 is 4.79 Å². The quantitative estimate of drug-likeness (QED) is 0.599. The van der Waals surface area contributed by atoms with Gasteiger partial charge < -0.3 is 10.2 Å². The molecule has 0 aliphatic carbocycles. The van der Waals surface area contributed by atoms with Crippen molar-refractivity contribution in [1.29, 1.82) is 0 Å². The Balaban J connectivity index is 1.72. The van der Waals surface area contributed by atoms with E-state index in [-0.39, 0.29) is 12.1 Å². The van der Waals surface area contributed by atoms with Crippen LogP contribution in [0, 0.1) is 6.92 Å². The van der Waals surface area contributed by atoms with Crippen LogP contribution in [0.3, 0.4) is 0 Å². The Labute approximate surface area is 164 Å². The molecule has 1 atom stereocenters. The molecule has 0 spiro atoms. The van der Waals surface area contributed by atoms with Crippen molar-refractivity contribution in [2.75, 3.05) is 11.9 Å². The number of nitrogens with one attached hydrogen (secondary N) is 1. The molecule has 2 amide bonds. The average Bonchev–Trinajstić information content (AvgIpc) is 2.67. The van der Waals surface area contributed by atoms with E-state index in [1.807, 2.05) is 72.5 Å². The van der Waals surface area contributed by atoms with Gasteiger partial charge >= 0.3 is 6.03 Å². The van der Waals surface area contributed by atoms with Crippen molar-refractivity contribution in [3.63, 3.8) is 0 Å². The molecule has 0 radical (unpaired) electrons. The summed E-state index contributed by atoms with van der Waals surface area (Å²) in [5.74, 6) is 0. The summed E-state index contributed by atoms with van der Waals surface area (Å²) in [4.78, 5) is 15.0. The molecule has 4 rings (SSSR count). The lowest BCUT2D eigenvalue weighted by Crippen LogP contribution is -2.43. The second kappa shape index (κ2) is 7.45. The van der Waals surface area contributed by atoms with Gasteiger partial charge in [-0.1, -0.05) is 66.2 Å². The smallest absolute Gasteiger partial charge is 0.313 e. The van der Waals surface area contributed by atoms with Crippen LogP contribution in [0.25, 0.3) is 0 Å². The molecule has 136 valence electrons. The van der Waals surface area contributed by atoms with Gasteiger partial charge in [-0.15, -0.1) is 0 Å². The van der Waals surface area contributed by atoms with Gasteiger partial charge in [0.2, 0.25) is 0 Å². The molecule has 1 N–H and O–H groups in total. The maximum absolute atomic E-state index is 13.2. The Morgan fingerprint density at radius 3 is 2.52 bits per heavy atom. The van der Waals surface area contributed by atoms with Crippen molar-refractivity contribution in [3.8, 4) is 0 Å². The zero-order chi connectivity index (χ0) is 18.8.